The molecule has 100 valence electrons. The van der Waals surface area contributed by atoms with E-state index in [1.807, 2.05) is 0 Å². The number of carbonyl (C=O) groups excluding carboxylic acids is 1. The summed E-state index contributed by atoms with van der Waals surface area (Å²) in [6.07, 6.45) is 2.62. The molecule has 2 heterocycles. The number of aliphatic hydroxyl groups excluding tert-OH is 1. The lowest BCUT2D eigenvalue weighted by molar-refractivity contribution is 0.0883. The smallest absolute Gasteiger partial charge is 0.186 e. The van der Waals surface area contributed by atoms with Crippen molar-refractivity contribution in [3.63, 3.8) is 0 Å². The fraction of sp³-hybridized carbons (Fsp3) is 0.615. The van der Waals surface area contributed by atoms with E-state index in [9.17, 15) is 9.90 Å². The first-order valence-electron chi connectivity index (χ1n) is 6.27. The molecule has 2 rings (SSSR count). The van der Waals surface area contributed by atoms with E-state index in [1.165, 1.54) is 11.3 Å². The molecule has 2 atom stereocenters. The molecule has 0 spiro atoms. The molecular weight excluding hydrogens is 270 g/mol. The van der Waals surface area contributed by atoms with E-state index in [0.717, 1.165) is 30.7 Å². The average molecular weight is 288 g/mol. The van der Waals surface area contributed by atoms with Crippen LogP contribution < -0.4 is 0 Å². The molecule has 1 N–H and O–H groups in total. The lowest BCUT2D eigenvalue weighted by Crippen LogP contribution is -2.35. The minimum Gasteiger partial charge on any atom is -0.393 e. The van der Waals surface area contributed by atoms with E-state index in [2.05, 4.69) is 4.90 Å². The number of ketones is 1. The summed E-state index contributed by atoms with van der Waals surface area (Å²) in [5, 5.41) is 9.46. The standard InChI is InChI=1S/C13H18ClNO2S/c1-9(16)7-10-3-2-6-15(10)8-11(17)12-4-5-13(14)18-12/h4-5,9-10,16H,2-3,6-8H2,1H3. The third kappa shape index (κ3) is 3.54. The fourth-order valence-electron chi connectivity index (χ4n) is 2.49. The summed E-state index contributed by atoms with van der Waals surface area (Å²) in [5.74, 6) is 0.129. The van der Waals surface area contributed by atoms with Gasteiger partial charge >= 0.3 is 0 Å². The van der Waals surface area contributed by atoms with Crippen molar-refractivity contribution >= 4 is 28.7 Å². The minimum absolute atomic E-state index is 0.129. The Hall–Kier alpha value is -0.420. The molecule has 0 bridgehead atoms. The van der Waals surface area contributed by atoms with Gasteiger partial charge in [0.25, 0.3) is 0 Å². The molecule has 0 radical (unpaired) electrons. The Morgan fingerprint density at radius 2 is 2.44 bits per heavy atom. The predicted octanol–water partition coefficient (Wildman–Crippen LogP) is 2.82. The van der Waals surface area contributed by atoms with Gasteiger partial charge in [-0.15, -0.1) is 11.3 Å². The molecule has 18 heavy (non-hydrogen) atoms. The van der Waals surface area contributed by atoms with Gasteiger partial charge in [0.2, 0.25) is 0 Å². The van der Waals surface area contributed by atoms with Crippen molar-refractivity contribution in [2.75, 3.05) is 13.1 Å². The van der Waals surface area contributed by atoms with Crippen LogP contribution in [0.1, 0.15) is 35.9 Å². The lowest BCUT2D eigenvalue weighted by atomic mass is 10.1. The first-order valence-corrected chi connectivity index (χ1v) is 7.46. The number of aliphatic hydroxyl groups is 1. The number of hydrogen-bond acceptors (Lipinski definition) is 4. The second kappa shape index (κ2) is 6.15. The van der Waals surface area contributed by atoms with Gasteiger partial charge in [-0.2, -0.15) is 0 Å². The highest BCUT2D eigenvalue weighted by molar-refractivity contribution is 7.18. The maximum atomic E-state index is 12.1. The molecule has 1 saturated heterocycles. The largest absolute Gasteiger partial charge is 0.393 e. The summed E-state index contributed by atoms with van der Waals surface area (Å²) in [6, 6.07) is 3.88. The highest BCUT2D eigenvalue weighted by Gasteiger charge is 2.27. The van der Waals surface area contributed by atoms with Crippen molar-refractivity contribution in [3.05, 3.63) is 21.3 Å². The molecule has 1 aromatic rings. The normalized spacial score (nSPS) is 22.3. The number of halogens is 1. The highest BCUT2D eigenvalue weighted by atomic mass is 35.5. The SMILES string of the molecule is CC(O)CC1CCCN1CC(=O)c1ccc(Cl)s1. The molecule has 2 unspecified atom stereocenters. The zero-order valence-corrected chi connectivity index (χ0v) is 12.0. The Morgan fingerprint density at radius 3 is 3.06 bits per heavy atom. The van der Waals surface area contributed by atoms with E-state index < -0.39 is 0 Å². The van der Waals surface area contributed by atoms with Crippen LogP contribution in [-0.4, -0.2) is 41.0 Å². The monoisotopic (exact) mass is 287 g/mol. The van der Waals surface area contributed by atoms with Crippen LogP contribution in [0.15, 0.2) is 12.1 Å². The Bertz CT molecular complexity index is 419. The maximum Gasteiger partial charge on any atom is 0.186 e. The Labute approximate surface area is 116 Å². The minimum atomic E-state index is -0.304. The third-order valence-corrected chi connectivity index (χ3v) is 4.58. The number of carbonyl (C=O) groups is 1. The van der Waals surface area contributed by atoms with Gasteiger partial charge in [-0.25, -0.2) is 0 Å². The van der Waals surface area contributed by atoms with Crippen molar-refractivity contribution in [1.82, 2.24) is 4.90 Å². The molecule has 1 aliphatic heterocycles. The van der Waals surface area contributed by atoms with Crippen LogP contribution in [-0.2, 0) is 0 Å². The highest BCUT2D eigenvalue weighted by Crippen LogP contribution is 2.25. The third-order valence-electron chi connectivity index (χ3n) is 3.31. The van der Waals surface area contributed by atoms with E-state index >= 15 is 0 Å². The predicted molar refractivity (Wildman–Crippen MR) is 74.6 cm³/mol. The summed E-state index contributed by atoms with van der Waals surface area (Å²) in [5.41, 5.74) is 0. The van der Waals surface area contributed by atoms with Crippen LogP contribution in [0.4, 0.5) is 0 Å². The number of rotatable bonds is 5. The molecule has 1 fully saturated rings. The average Bonchev–Trinajstić information content (AvgIpc) is 2.88. The molecule has 1 aromatic heterocycles. The second-order valence-corrected chi connectivity index (χ2v) is 6.59. The zero-order valence-electron chi connectivity index (χ0n) is 10.4. The van der Waals surface area contributed by atoms with Crippen LogP contribution in [0.25, 0.3) is 0 Å². The summed E-state index contributed by atoms with van der Waals surface area (Å²) >= 11 is 7.17. The van der Waals surface area contributed by atoms with Crippen LogP contribution in [0, 0.1) is 0 Å². The number of Topliss-reactive ketones (excluding diaryl/α,β-unsaturated/α-hetero) is 1. The van der Waals surface area contributed by atoms with Crippen molar-refractivity contribution in [2.45, 2.75) is 38.3 Å². The molecule has 5 heteroatoms. The van der Waals surface area contributed by atoms with Gasteiger partial charge in [0, 0.05) is 6.04 Å². The fourth-order valence-corrected chi connectivity index (χ4v) is 3.46. The van der Waals surface area contributed by atoms with E-state index in [0.29, 0.717) is 16.9 Å². The maximum absolute atomic E-state index is 12.1. The first kappa shape index (κ1) is 14.0. The van der Waals surface area contributed by atoms with Crippen LogP contribution in [0.5, 0.6) is 0 Å². The van der Waals surface area contributed by atoms with Crippen molar-refractivity contribution in [2.24, 2.45) is 0 Å². The Balaban J connectivity index is 1.94. The molecule has 0 aromatic carbocycles. The summed E-state index contributed by atoms with van der Waals surface area (Å²) < 4.78 is 0.653. The van der Waals surface area contributed by atoms with Gasteiger partial charge in [0.1, 0.15) is 0 Å². The van der Waals surface area contributed by atoms with E-state index in [4.69, 9.17) is 11.6 Å². The van der Waals surface area contributed by atoms with Gasteiger partial charge in [0.15, 0.2) is 5.78 Å². The number of nitrogens with zero attached hydrogens (tertiary/aromatic N) is 1. The molecule has 3 nitrogen and oxygen atoms in total. The van der Waals surface area contributed by atoms with Crippen LogP contribution in [0.2, 0.25) is 4.34 Å². The zero-order chi connectivity index (χ0) is 13.1. The Kier molecular flexibility index (Phi) is 4.78. The molecule has 0 aliphatic carbocycles. The van der Waals surface area contributed by atoms with Gasteiger partial charge in [0.05, 0.1) is 21.9 Å². The van der Waals surface area contributed by atoms with Crippen LogP contribution >= 0.6 is 22.9 Å². The molecule has 1 aliphatic rings. The molecule has 0 saturated carbocycles. The quantitative estimate of drug-likeness (QED) is 0.847. The van der Waals surface area contributed by atoms with Gasteiger partial charge < -0.3 is 5.11 Å². The van der Waals surface area contributed by atoms with Crippen molar-refractivity contribution in [1.29, 1.82) is 0 Å². The van der Waals surface area contributed by atoms with Gasteiger partial charge in [-0.1, -0.05) is 11.6 Å². The number of likely N-dealkylation sites (tertiary alicyclic amines) is 1. The summed E-state index contributed by atoms with van der Waals surface area (Å²) in [6.45, 7) is 3.19. The molecule has 0 amide bonds. The number of thiophene rings is 1. The van der Waals surface area contributed by atoms with Crippen LogP contribution in [0.3, 0.4) is 0 Å². The summed E-state index contributed by atoms with van der Waals surface area (Å²) in [7, 11) is 0. The lowest BCUT2D eigenvalue weighted by Gasteiger charge is -2.24. The van der Waals surface area contributed by atoms with E-state index in [-0.39, 0.29) is 11.9 Å². The second-order valence-electron chi connectivity index (χ2n) is 4.88. The van der Waals surface area contributed by atoms with Gasteiger partial charge in [-0.05, 0) is 44.9 Å². The van der Waals surface area contributed by atoms with Crippen molar-refractivity contribution in [3.8, 4) is 0 Å². The first-order chi connectivity index (χ1) is 8.56. The van der Waals surface area contributed by atoms with E-state index in [1.54, 1.807) is 19.1 Å². The van der Waals surface area contributed by atoms with Crippen molar-refractivity contribution < 1.29 is 9.90 Å². The Morgan fingerprint density at radius 1 is 1.67 bits per heavy atom. The van der Waals surface area contributed by atoms with Gasteiger partial charge in [-0.3, -0.25) is 9.69 Å². The molecular formula is C13H18ClNO2S. The number of hydrogen-bond donors (Lipinski definition) is 1. The topological polar surface area (TPSA) is 40.5 Å². The summed E-state index contributed by atoms with van der Waals surface area (Å²) in [4.78, 5) is 15.0.